The van der Waals surface area contributed by atoms with Crippen molar-refractivity contribution in [3.05, 3.63) is 88.8 Å². The molecular formula is C36H44F2N6O6S2. The fourth-order valence-electron chi connectivity index (χ4n) is 5.08. The highest BCUT2D eigenvalue weighted by molar-refractivity contribution is 7.92. The second kappa shape index (κ2) is 16.5. The van der Waals surface area contributed by atoms with Crippen LogP contribution >= 0.6 is 0 Å². The highest BCUT2D eigenvalue weighted by Crippen LogP contribution is 2.34. The van der Waals surface area contributed by atoms with Gasteiger partial charge in [-0.1, -0.05) is 39.8 Å². The average molecular weight is 759 g/mol. The summed E-state index contributed by atoms with van der Waals surface area (Å²) in [5.41, 5.74) is 5.41. The third kappa shape index (κ3) is 10.1. The maximum absolute atomic E-state index is 13.4. The molecule has 2 aromatic carbocycles. The summed E-state index contributed by atoms with van der Waals surface area (Å²) in [4.78, 5) is 17.9. The fourth-order valence-corrected chi connectivity index (χ4v) is 5.84. The molecule has 0 amide bonds. The fraction of sp³-hybridized carbons (Fsp3) is 0.389. The van der Waals surface area contributed by atoms with Gasteiger partial charge >= 0.3 is 0 Å². The molecule has 52 heavy (non-hydrogen) atoms. The van der Waals surface area contributed by atoms with Gasteiger partial charge in [-0.2, -0.15) is 0 Å². The molecule has 0 aliphatic carbocycles. The molecule has 0 spiro atoms. The Balaban J connectivity index is 0.000000233. The molecule has 2 aromatic heterocycles. The first kappa shape index (κ1) is 40.4. The Kier molecular flexibility index (Phi) is 12.8. The van der Waals surface area contributed by atoms with E-state index < -0.39 is 20.0 Å². The molecule has 3 heterocycles. The molecule has 1 aliphatic rings. The van der Waals surface area contributed by atoms with E-state index in [0.717, 1.165) is 37.9 Å². The van der Waals surface area contributed by atoms with Gasteiger partial charge in [0.05, 0.1) is 54.6 Å². The molecule has 1 N–H and O–H groups in total. The molecule has 4 aromatic rings. The van der Waals surface area contributed by atoms with Crippen LogP contribution in [0.5, 0.6) is 0 Å². The first-order valence-electron chi connectivity index (χ1n) is 16.4. The number of aromatic nitrogens is 4. The standard InChI is InChI=1S/2C18H22FN3O3S/c1-11(2)16-15(9-14-10-25-14)17(12-5-7-13(19)8-6-12)21-18(20-16)22(3)26(4,23)24;1-12(2)16-15(6-5-11-23)17(13-7-9-14(19)10-8-13)21-18(20-16)22(3)26(4,24)25/h5-8,11,14H,9-10H2,1-4H3;5-10,12,23H,11H2,1-4H3/b;6-5+. The van der Waals surface area contributed by atoms with Crippen LogP contribution in [-0.2, 0) is 31.2 Å². The number of halogens is 2. The van der Waals surface area contributed by atoms with E-state index in [1.807, 2.05) is 27.7 Å². The van der Waals surface area contributed by atoms with Gasteiger partial charge in [-0.15, -0.1) is 0 Å². The minimum absolute atomic E-state index is 0.0257. The number of sulfonamides is 2. The third-order valence-corrected chi connectivity index (χ3v) is 10.4. The molecule has 12 nitrogen and oxygen atoms in total. The smallest absolute Gasteiger partial charge is 0.239 e. The largest absolute Gasteiger partial charge is 0.392 e. The lowest BCUT2D eigenvalue weighted by atomic mass is 9.95. The summed E-state index contributed by atoms with van der Waals surface area (Å²) < 4.78 is 81.8. The zero-order valence-corrected chi connectivity index (χ0v) is 32.0. The minimum Gasteiger partial charge on any atom is -0.392 e. The summed E-state index contributed by atoms with van der Waals surface area (Å²) in [5, 5.41) is 9.14. The van der Waals surface area contributed by atoms with Crippen molar-refractivity contribution in [3.63, 3.8) is 0 Å². The van der Waals surface area contributed by atoms with E-state index >= 15 is 0 Å². The van der Waals surface area contributed by atoms with E-state index in [0.29, 0.717) is 41.2 Å². The number of hydrogen-bond donors (Lipinski definition) is 1. The summed E-state index contributed by atoms with van der Waals surface area (Å²) in [6.45, 7) is 8.38. The molecule has 1 fully saturated rings. The van der Waals surface area contributed by atoms with Crippen molar-refractivity contribution in [3.8, 4) is 22.5 Å². The van der Waals surface area contributed by atoms with Crippen LogP contribution < -0.4 is 8.61 Å². The number of aliphatic hydroxyl groups is 1. The van der Waals surface area contributed by atoms with E-state index in [1.165, 1.54) is 38.4 Å². The van der Waals surface area contributed by atoms with Crippen LogP contribution in [0.25, 0.3) is 28.6 Å². The van der Waals surface area contributed by atoms with Crippen molar-refractivity contribution >= 4 is 38.0 Å². The molecule has 16 heteroatoms. The van der Waals surface area contributed by atoms with E-state index in [9.17, 15) is 25.6 Å². The van der Waals surface area contributed by atoms with Gasteiger partial charge in [0, 0.05) is 42.8 Å². The van der Waals surface area contributed by atoms with Crippen LogP contribution in [0.4, 0.5) is 20.7 Å². The predicted molar refractivity (Wildman–Crippen MR) is 199 cm³/mol. The normalized spacial score (nSPS) is 14.4. The number of aliphatic hydroxyl groups excluding tert-OH is 1. The lowest BCUT2D eigenvalue weighted by Gasteiger charge is -2.21. The zero-order valence-electron chi connectivity index (χ0n) is 30.4. The van der Waals surface area contributed by atoms with Crippen molar-refractivity contribution in [2.24, 2.45) is 0 Å². The maximum Gasteiger partial charge on any atom is 0.239 e. The minimum atomic E-state index is -3.54. The molecule has 5 rings (SSSR count). The number of nitrogens with zero attached hydrogens (tertiary/aromatic N) is 6. The maximum atomic E-state index is 13.4. The van der Waals surface area contributed by atoms with Crippen LogP contribution in [0.1, 0.15) is 62.0 Å². The van der Waals surface area contributed by atoms with Crippen LogP contribution in [0, 0.1) is 11.6 Å². The second-order valence-electron chi connectivity index (χ2n) is 12.9. The van der Waals surface area contributed by atoms with E-state index in [-0.39, 0.29) is 48.1 Å². The Hall–Kier alpha value is -4.38. The van der Waals surface area contributed by atoms with Gasteiger partial charge < -0.3 is 9.84 Å². The Labute approximate surface area is 304 Å². The molecule has 0 saturated carbocycles. The molecule has 0 radical (unpaired) electrons. The van der Waals surface area contributed by atoms with Crippen LogP contribution in [0.2, 0.25) is 0 Å². The first-order valence-corrected chi connectivity index (χ1v) is 20.1. The van der Waals surface area contributed by atoms with Gasteiger partial charge in [-0.3, -0.25) is 0 Å². The number of anilines is 2. The second-order valence-corrected chi connectivity index (χ2v) is 17.0. The number of ether oxygens (including phenoxy) is 1. The number of hydrogen-bond acceptors (Lipinski definition) is 10. The lowest BCUT2D eigenvalue weighted by molar-refractivity contribution is 0.343. The van der Waals surface area contributed by atoms with Gasteiger partial charge in [-0.25, -0.2) is 54.2 Å². The Bertz CT molecular complexity index is 2130. The molecule has 0 bridgehead atoms. The Morgan fingerprint density at radius 3 is 1.60 bits per heavy atom. The summed E-state index contributed by atoms with van der Waals surface area (Å²) >= 11 is 0. The van der Waals surface area contributed by atoms with Crippen LogP contribution in [-0.4, -0.2) is 87.8 Å². The van der Waals surface area contributed by atoms with Gasteiger partial charge in [-0.05, 0) is 60.4 Å². The molecule has 1 saturated heterocycles. The summed E-state index contributed by atoms with van der Waals surface area (Å²) in [6.07, 6.45) is 6.19. The van der Waals surface area contributed by atoms with Gasteiger partial charge in [0.1, 0.15) is 11.6 Å². The summed E-state index contributed by atoms with van der Waals surface area (Å²) in [5.74, 6) is -0.534. The number of epoxide rings is 1. The topological polar surface area (TPSA) is 159 Å². The Morgan fingerprint density at radius 1 is 0.769 bits per heavy atom. The summed E-state index contributed by atoms with van der Waals surface area (Å²) in [7, 11) is -4.24. The van der Waals surface area contributed by atoms with Gasteiger partial charge in [0.25, 0.3) is 0 Å². The molecule has 1 aliphatic heterocycles. The number of rotatable bonds is 12. The van der Waals surface area contributed by atoms with Crippen molar-refractivity contribution in [1.29, 1.82) is 0 Å². The van der Waals surface area contributed by atoms with Crippen LogP contribution in [0.15, 0.2) is 54.6 Å². The molecule has 1 unspecified atom stereocenters. The SMILES string of the molecule is CC(C)c1nc(N(C)S(C)(=O)=O)nc(-c2ccc(F)cc2)c1/C=C/CO.CC(C)c1nc(N(C)S(C)(=O)=O)nc(-c2ccc(F)cc2)c1CC1CO1. The number of benzene rings is 2. The van der Waals surface area contributed by atoms with Gasteiger partial charge in [0.2, 0.25) is 31.9 Å². The summed E-state index contributed by atoms with van der Waals surface area (Å²) in [6, 6.07) is 11.8. The first-order chi connectivity index (χ1) is 24.3. The zero-order chi connectivity index (χ0) is 38.5. The highest BCUT2D eigenvalue weighted by Gasteiger charge is 2.29. The Morgan fingerprint density at radius 2 is 1.19 bits per heavy atom. The third-order valence-electron chi connectivity index (χ3n) is 8.10. The van der Waals surface area contributed by atoms with E-state index in [1.54, 1.807) is 36.4 Å². The van der Waals surface area contributed by atoms with E-state index in [2.05, 4.69) is 19.9 Å². The average Bonchev–Trinajstić information content (AvgIpc) is 3.90. The highest BCUT2D eigenvalue weighted by atomic mass is 32.2. The molecule has 1 atom stereocenters. The van der Waals surface area contributed by atoms with E-state index in [4.69, 9.17) is 9.84 Å². The van der Waals surface area contributed by atoms with Crippen LogP contribution in [0.3, 0.4) is 0 Å². The van der Waals surface area contributed by atoms with Crippen molar-refractivity contribution in [2.45, 2.75) is 52.1 Å². The lowest BCUT2D eigenvalue weighted by Crippen LogP contribution is -2.28. The van der Waals surface area contributed by atoms with Crippen molar-refractivity contribution in [1.82, 2.24) is 19.9 Å². The quantitative estimate of drug-likeness (QED) is 0.182. The van der Waals surface area contributed by atoms with Crippen molar-refractivity contribution < 1.29 is 35.5 Å². The molecule has 280 valence electrons. The molecular weight excluding hydrogens is 715 g/mol. The van der Waals surface area contributed by atoms with Gasteiger partial charge in [0.15, 0.2) is 0 Å². The van der Waals surface area contributed by atoms with Crippen molar-refractivity contribution in [2.75, 3.05) is 48.4 Å². The predicted octanol–water partition coefficient (Wildman–Crippen LogP) is 5.55. The monoisotopic (exact) mass is 758 g/mol.